The second-order valence-corrected chi connectivity index (χ2v) is 7.52. The van der Waals surface area contributed by atoms with Crippen LogP contribution in [0.15, 0.2) is 30.5 Å². The second kappa shape index (κ2) is 8.52. The Labute approximate surface area is 151 Å². The summed E-state index contributed by atoms with van der Waals surface area (Å²) < 4.78 is 5.80. The maximum absolute atomic E-state index is 5.80. The molecule has 1 atom stereocenters. The lowest BCUT2D eigenvalue weighted by Crippen LogP contribution is -2.34. The molecule has 1 aromatic heterocycles. The predicted octanol–water partition coefficient (Wildman–Crippen LogP) is 4.39. The highest BCUT2D eigenvalue weighted by atomic mass is 16.5. The normalized spacial score (nSPS) is 18.6. The van der Waals surface area contributed by atoms with E-state index in [1.165, 1.54) is 29.7 Å². The number of ether oxygens (including phenoxy) is 1. The van der Waals surface area contributed by atoms with Crippen LogP contribution in [0.5, 0.6) is 5.75 Å². The van der Waals surface area contributed by atoms with E-state index in [1.54, 1.807) is 0 Å². The molecule has 4 nitrogen and oxygen atoms in total. The topological polar surface area (TPSA) is 41.1 Å². The minimum Gasteiger partial charge on any atom is -0.494 e. The van der Waals surface area contributed by atoms with Crippen molar-refractivity contribution in [2.75, 3.05) is 19.7 Å². The van der Waals surface area contributed by atoms with E-state index in [4.69, 9.17) is 4.74 Å². The van der Waals surface area contributed by atoms with Crippen LogP contribution >= 0.6 is 0 Å². The Kier molecular flexibility index (Phi) is 6.14. The van der Waals surface area contributed by atoms with Crippen LogP contribution < -0.4 is 4.74 Å². The molecule has 1 aliphatic heterocycles. The third kappa shape index (κ3) is 4.63. The first-order valence-electron chi connectivity index (χ1n) is 9.62. The SMILES string of the molecule is CCOc1ccccc1CN1CCC[C@H](c2[nH]ncc2CC(C)C)C1. The van der Waals surface area contributed by atoms with Crippen molar-refractivity contribution in [3.63, 3.8) is 0 Å². The predicted molar refractivity (Wildman–Crippen MR) is 102 cm³/mol. The van der Waals surface area contributed by atoms with E-state index in [1.807, 2.05) is 13.1 Å². The maximum atomic E-state index is 5.80. The molecule has 2 heterocycles. The Morgan fingerprint density at radius 3 is 2.92 bits per heavy atom. The van der Waals surface area contributed by atoms with Gasteiger partial charge in [0.2, 0.25) is 0 Å². The second-order valence-electron chi connectivity index (χ2n) is 7.52. The van der Waals surface area contributed by atoms with E-state index < -0.39 is 0 Å². The molecule has 136 valence electrons. The van der Waals surface area contributed by atoms with Gasteiger partial charge in [-0.25, -0.2) is 0 Å². The average molecular weight is 341 g/mol. The van der Waals surface area contributed by atoms with Crippen LogP contribution in [0.3, 0.4) is 0 Å². The zero-order valence-corrected chi connectivity index (χ0v) is 15.8. The van der Waals surface area contributed by atoms with Gasteiger partial charge in [-0.05, 0) is 50.3 Å². The van der Waals surface area contributed by atoms with E-state index in [0.717, 1.165) is 31.8 Å². The molecule has 0 bridgehead atoms. The summed E-state index contributed by atoms with van der Waals surface area (Å²) in [7, 11) is 0. The van der Waals surface area contributed by atoms with Gasteiger partial charge in [0.15, 0.2) is 0 Å². The Bertz CT molecular complexity index is 665. The van der Waals surface area contributed by atoms with Crippen LogP contribution in [0, 0.1) is 5.92 Å². The van der Waals surface area contributed by atoms with Crippen molar-refractivity contribution in [1.29, 1.82) is 0 Å². The average Bonchev–Trinajstić information content (AvgIpc) is 3.04. The van der Waals surface area contributed by atoms with Gasteiger partial charge < -0.3 is 4.74 Å². The first kappa shape index (κ1) is 18.0. The van der Waals surface area contributed by atoms with Gasteiger partial charge in [-0.2, -0.15) is 5.10 Å². The summed E-state index contributed by atoms with van der Waals surface area (Å²) in [6.07, 6.45) is 5.62. The first-order valence-corrected chi connectivity index (χ1v) is 9.62. The number of H-pyrrole nitrogens is 1. The zero-order valence-electron chi connectivity index (χ0n) is 15.8. The van der Waals surface area contributed by atoms with Gasteiger partial charge in [0, 0.05) is 30.3 Å². The van der Waals surface area contributed by atoms with Crippen molar-refractivity contribution < 1.29 is 4.74 Å². The quantitative estimate of drug-likeness (QED) is 0.812. The highest BCUT2D eigenvalue weighted by Crippen LogP contribution is 2.30. The van der Waals surface area contributed by atoms with E-state index >= 15 is 0 Å². The Morgan fingerprint density at radius 2 is 2.12 bits per heavy atom. The third-order valence-electron chi connectivity index (χ3n) is 4.96. The number of hydrogen-bond acceptors (Lipinski definition) is 3. The molecule has 1 fully saturated rings. The number of piperidine rings is 1. The molecule has 0 radical (unpaired) electrons. The van der Waals surface area contributed by atoms with Gasteiger partial charge in [0.1, 0.15) is 5.75 Å². The molecule has 0 saturated carbocycles. The van der Waals surface area contributed by atoms with Gasteiger partial charge in [0.05, 0.1) is 12.8 Å². The summed E-state index contributed by atoms with van der Waals surface area (Å²) >= 11 is 0. The van der Waals surface area contributed by atoms with Crippen molar-refractivity contribution in [1.82, 2.24) is 15.1 Å². The molecule has 25 heavy (non-hydrogen) atoms. The van der Waals surface area contributed by atoms with Crippen LogP contribution in [0.4, 0.5) is 0 Å². The summed E-state index contributed by atoms with van der Waals surface area (Å²) in [6, 6.07) is 8.43. The highest BCUT2D eigenvalue weighted by Gasteiger charge is 2.25. The molecule has 1 aromatic carbocycles. The molecule has 1 saturated heterocycles. The van der Waals surface area contributed by atoms with Gasteiger partial charge in [-0.3, -0.25) is 10.00 Å². The number of para-hydroxylation sites is 1. The van der Waals surface area contributed by atoms with Gasteiger partial charge in [0.25, 0.3) is 0 Å². The first-order chi connectivity index (χ1) is 12.2. The minimum atomic E-state index is 0.559. The van der Waals surface area contributed by atoms with Gasteiger partial charge in [-0.15, -0.1) is 0 Å². The maximum Gasteiger partial charge on any atom is 0.123 e. The lowest BCUT2D eigenvalue weighted by Gasteiger charge is -2.33. The van der Waals surface area contributed by atoms with Gasteiger partial charge in [-0.1, -0.05) is 32.0 Å². The summed E-state index contributed by atoms with van der Waals surface area (Å²) in [5.74, 6) is 2.24. The van der Waals surface area contributed by atoms with E-state index in [2.05, 4.69) is 53.2 Å². The van der Waals surface area contributed by atoms with Crippen molar-refractivity contribution in [3.05, 3.63) is 47.3 Å². The molecule has 0 spiro atoms. The zero-order chi connectivity index (χ0) is 17.6. The molecular weight excluding hydrogens is 310 g/mol. The van der Waals surface area contributed by atoms with Crippen molar-refractivity contribution in [2.24, 2.45) is 5.92 Å². The molecule has 0 unspecified atom stereocenters. The fraction of sp³-hybridized carbons (Fsp3) is 0.571. The largest absolute Gasteiger partial charge is 0.494 e. The standard InChI is InChI=1S/C21H31N3O/c1-4-25-20-10-6-5-8-17(20)14-24-11-7-9-18(15-24)21-19(12-16(2)3)13-22-23-21/h5-6,8,10,13,16,18H,4,7,9,11-12,14-15H2,1-3H3,(H,22,23)/t18-/m0/s1. The minimum absolute atomic E-state index is 0.559. The Balaban J connectivity index is 1.69. The number of benzene rings is 1. The molecule has 1 aliphatic rings. The monoisotopic (exact) mass is 341 g/mol. The van der Waals surface area contributed by atoms with Crippen LogP contribution in [0.2, 0.25) is 0 Å². The summed E-state index contributed by atoms with van der Waals surface area (Å²) in [6.45, 7) is 10.5. The number of aromatic amines is 1. The van der Waals surface area contributed by atoms with Crippen molar-refractivity contribution in [3.8, 4) is 5.75 Å². The fourth-order valence-corrected chi connectivity index (χ4v) is 3.88. The summed E-state index contributed by atoms with van der Waals surface area (Å²) in [4.78, 5) is 2.56. The molecule has 0 aliphatic carbocycles. The number of nitrogens with one attached hydrogen (secondary N) is 1. The number of nitrogens with zero attached hydrogens (tertiary/aromatic N) is 2. The lowest BCUT2D eigenvalue weighted by molar-refractivity contribution is 0.195. The highest BCUT2D eigenvalue weighted by molar-refractivity contribution is 5.33. The van der Waals surface area contributed by atoms with Crippen molar-refractivity contribution >= 4 is 0 Å². The van der Waals surface area contributed by atoms with E-state index in [-0.39, 0.29) is 0 Å². The van der Waals surface area contributed by atoms with E-state index in [9.17, 15) is 0 Å². The number of rotatable bonds is 7. The fourth-order valence-electron chi connectivity index (χ4n) is 3.88. The van der Waals surface area contributed by atoms with Crippen LogP contribution in [0.1, 0.15) is 56.4 Å². The molecule has 1 N–H and O–H groups in total. The Hall–Kier alpha value is -1.81. The summed E-state index contributed by atoms with van der Waals surface area (Å²) in [5.41, 5.74) is 4.05. The van der Waals surface area contributed by atoms with Crippen LogP contribution in [-0.2, 0) is 13.0 Å². The smallest absolute Gasteiger partial charge is 0.123 e. The van der Waals surface area contributed by atoms with E-state index in [0.29, 0.717) is 18.4 Å². The molecule has 0 amide bonds. The summed E-state index contributed by atoms with van der Waals surface area (Å²) in [5, 5.41) is 7.63. The number of hydrogen-bond donors (Lipinski definition) is 1. The molecule has 2 aromatic rings. The molecule has 3 rings (SSSR count). The Morgan fingerprint density at radius 1 is 1.28 bits per heavy atom. The van der Waals surface area contributed by atoms with Gasteiger partial charge >= 0.3 is 0 Å². The lowest BCUT2D eigenvalue weighted by atomic mass is 9.90. The van der Waals surface area contributed by atoms with Crippen LogP contribution in [0.25, 0.3) is 0 Å². The van der Waals surface area contributed by atoms with Crippen molar-refractivity contribution in [2.45, 2.75) is 52.5 Å². The number of likely N-dealkylation sites (tertiary alicyclic amines) is 1. The molecule has 4 heteroatoms. The molecular formula is C21H31N3O. The third-order valence-corrected chi connectivity index (χ3v) is 4.96. The van der Waals surface area contributed by atoms with Crippen LogP contribution in [-0.4, -0.2) is 34.8 Å². The number of aromatic nitrogens is 2.